The van der Waals surface area contributed by atoms with E-state index in [1.165, 1.54) is 22.3 Å². The SMILES string of the molecule is CNC(CCC(C)(C)OC)c1c(C)cc(C)cc1C. The first-order valence-corrected chi connectivity index (χ1v) is 7.11. The molecular formula is C17H29NO. The zero-order valence-electron chi connectivity index (χ0n) is 13.6. The molecule has 0 bridgehead atoms. The summed E-state index contributed by atoms with van der Waals surface area (Å²) in [5.74, 6) is 0. The zero-order chi connectivity index (χ0) is 14.6. The van der Waals surface area contributed by atoms with Gasteiger partial charge < -0.3 is 10.1 Å². The molecule has 0 spiro atoms. The predicted molar refractivity (Wildman–Crippen MR) is 82.8 cm³/mol. The lowest BCUT2D eigenvalue weighted by atomic mass is 9.89. The number of benzene rings is 1. The number of rotatable bonds is 6. The Morgan fingerprint density at radius 3 is 2.11 bits per heavy atom. The van der Waals surface area contributed by atoms with Gasteiger partial charge in [-0.15, -0.1) is 0 Å². The van der Waals surface area contributed by atoms with Crippen molar-refractivity contribution in [2.24, 2.45) is 0 Å². The summed E-state index contributed by atoms with van der Waals surface area (Å²) < 4.78 is 5.52. The number of hydrogen-bond acceptors (Lipinski definition) is 2. The number of methoxy groups -OCH3 is 1. The summed E-state index contributed by atoms with van der Waals surface area (Å²) >= 11 is 0. The van der Waals surface area contributed by atoms with Crippen molar-refractivity contribution in [1.82, 2.24) is 5.32 Å². The first-order valence-electron chi connectivity index (χ1n) is 7.11. The zero-order valence-corrected chi connectivity index (χ0v) is 13.6. The monoisotopic (exact) mass is 263 g/mol. The molecule has 1 aromatic carbocycles. The highest BCUT2D eigenvalue weighted by molar-refractivity contribution is 5.39. The van der Waals surface area contributed by atoms with E-state index in [0.717, 1.165) is 12.8 Å². The summed E-state index contributed by atoms with van der Waals surface area (Å²) in [6.45, 7) is 10.9. The summed E-state index contributed by atoms with van der Waals surface area (Å²) in [6.07, 6.45) is 2.13. The van der Waals surface area contributed by atoms with Gasteiger partial charge in [0.1, 0.15) is 0 Å². The van der Waals surface area contributed by atoms with Gasteiger partial charge in [0.2, 0.25) is 0 Å². The molecule has 0 aliphatic carbocycles. The molecule has 2 heteroatoms. The van der Waals surface area contributed by atoms with E-state index in [4.69, 9.17) is 4.74 Å². The molecule has 0 radical (unpaired) electrons. The normalized spacial score (nSPS) is 13.6. The molecule has 1 unspecified atom stereocenters. The topological polar surface area (TPSA) is 21.3 Å². The van der Waals surface area contributed by atoms with Gasteiger partial charge in [0.25, 0.3) is 0 Å². The van der Waals surface area contributed by atoms with Crippen LogP contribution in [0.2, 0.25) is 0 Å². The molecule has 0 aromatic heterocycles. The lowest BCUT2D eigenvalue weighted by Crippen LogP contribution is -2.26. The fourth-order valence-electron chi connectivity index (χ4n) is 2.77. The minimum Gasteiger partial charge on any atom is -0.379 e. The van der Waals surface area contributed by atoms with Gasteiger partial charge in [-0.05, 0) is 71.2 Å². The van der Waals surface area contributed by atoms with E-state index in [1.807, 2.05) is 7.05 Å². The Morgan fingerprint density at radius 1 is 1.16 bits per heavy atom. The lowest BCUT2D eigenvalue weighted by Gasteiger charge is -2.27. The van der Waals surface area contributed by atoms with Crippen molar-refractivity contribution in [3.8, 4) is 0 Å². The maximum Gasteiger partial charge on any atom is 0.0623 e. The molecule has 108 valence electrons. The standard InChI is InChI=1S/C17H29NO/c1-12-10-13(2)16(14(3)11-12)15(18-6)8-9-17(4,5)19-7/h10-11,15,18H,8-9H2,1-7H3. The maximum absolute atomic E-state index is 5.52. The smallest absolute Gasteiger partial charge is 0.0623 e. The lowest BCUT2D eigenvalue weighted by molar-refractivity contribution is 0.0118. The van der Waals surface area contributed by atoms with Crippen LogP contribution in [0.15, 0.2) is 12.1 Å². The summed E-state index contributed by atoms with van der Waals surface area (Å²) in [6, 6.07) is 4.94. The molecule has 0 saturated carbocycles. The predicted octanol–water partition coefficient (Wildman–Crippen LogP) is 4.08. The van der Waals surface area contributed by atoms with E-state index in [2.05, 4.69) is 52.1 Å². The number of ether oxygens (including phenoxy) is 1. The van der Waals surface area contributed by atoms with E-state index in [-0.39, 0.29) is 5.60 Å². The summed E-state index contributed by atoms with van der Waals surface area (Å²) in [4.78, 5) is 0. The van der Waals surface area contributed by atoms with Crippen molar-refractivity contribution in [2.75, 3.05) is 14.2 Å². The number of aryl methyl sites for hydroxylation is 3. The van der Waals surface area contributed by atoms with Gasteiger partial charge in [-0.1, -0.05) is 17.7 Å². The molecular weight excluding hydrogens is 234 g/mol. The summed E-state index contributed by atoms with van der Waals surface area (Å²) in [5, 5.41) is 3.46. The van der Waals surface area contributed by atoms with Crippen LogP contribution in [0.5, 0.6) is 0 Å². The van der Waals surface area contributed by atoms with Crippen LogP contribution in [0.25, 0.3) is 0 Å². The minimum absolute atomic E-state index is 0.0540. The van der Waals surface area contributed by atoms with Crippen LogP contribution >= 0.6 is 0 Å². The fraction of sp³-hybridized carbons (Fsp3) is 0.647. The van der Waals surface area contributed by atoms with Gasteiger partial charge >= 0.3 is 0 Å². The largest absolute Gasteiger partial charge is 0.379 e. The number of nitrogens with one attached hydrogen (secondary N) is 1. The van der Waals surface area contributed by atoms with Crippen molar-refractivity contribution in [3.63, 3.8) is 0 Å². The second-order valence-corrected chi connectivity index (χ2v) is 6.16. The average molecular weight is 263 g/mol. The Labute approximate surface area is 118 Å². The van der Waals surface area contributed by atoms with Crippen LogP contribution in [0, 0.1) is 20.8 Å². The second-order valence-electron chi connectivity index (χ2n) is 6.16. The van der Waals surface area contributed by atoms with Crippen LogP contribution < -0.4 is 5.32 Å². The molecule has 0 amide bonds. The molecule has 1 aromatic rings. The Morgan fingerprint density at radius 2 is 1.68 bits per heavy atom. The molecule has 19 heavy (non-hydrogen) atoms. The number of hydrogen-bond donors (Lipinski definition) is 1. The van der Waals surface area contributed by atoms with Crippen molar-refractivity contribution in [2.45, 2.75) is 59.1 Å². The van der Waals surface area contributed by atoms with Gasteiger partial charge in [-0.2, -0.15) is 0 Å². The first kappa shape index (κ1) is 16.2. The van der Waals surface area contributed by atoms with Crippen molar-refractivity contribution in [3.05, 3.63) is 34.4 Å². The van der Waals surface area contributed by atoms with Crippen LogP contribution in [0.4, 0.5) is 0 Å². The van der Waals surface area contributed by atoms with E-state index in [0.29, 0.717) is 6.04 Å². The minimum atomic E-state index is -0.0540. The Balaban J connectivity index is 2.92. The average Bonchev–Trinajstić information content (AvgIpc) is 2.32. The van der Waals surface area contributed by atoms with E-state index in [1.54, 1.807) is 7.11 Å². The Kier molecular flexibility index (Phi) is 5.57. The molecule has 1 rings (SSSR count). The molecule has 0 aliphatic rings. The fourth-order valence-corrected chi connectivity index (χ4v) is 2.77. The molecule has 2 nitrogen and oxygen atoms in total. The molecule has 0 aliphatic heterocycles. The highest BCUT2D eigenvalue weighted by Crippen LogP contribution is 2.29. The van der Waals surface area contributed by atoms with Crippen LogP contribution in [-0.2, 0) is 4.74 Å². The van der Waals surface area contributed by atoms with E-state index < -0.39 is 0 Å². The first-order chi connectivity index (χ1) is 8.80. The summed E-state index contributed by atoms with van der Waals surface area (Å²) in [5.41, 5.74) is 5.49. The van der Waals surface area contributed by atoms with Crippen LogP contribution in [0.3, 0.4) is 0 Å². The van der Waals surface area contributed by atoms with Crippen LogP contribution in [0.1, 0.15) is 55.0 Å². The molecule has 1 N–H and O–H groups in total. The van der Waals surface area contributed by atoms with Gasteiger partial charge in [0.15, 0.2) is 0 Å². The molecule has 0 heterocycles. The Hall–Kier alpha value is -0.860. The van der Waals surface area contributed by atoms with Crippen molar-refractivity contribution in [1.29, 1.82) is 0 Å². The third-order valence-electron chi connectivity index (χ3n) is 4.02. The van der Waals surface area contributed by atoms with Gasteiger partial charge in [-0.25, -0.2) is 0 Å². The molecule has 0 saturated heterocycles. The highest BCUT2D eigenvalue weighted by Gasteiger charge is 2.21. The third kappa shape index (κ3) is 4.32. The quantitative estimate of drug-likeness (QED) is 0.835. The van der Waals surface area contributed by atoms with Gasteiger partial charge in [0.05, 0.1) is 5.60 Å². The van der Waals surface area contributed by atoms with Gasteiger partial charge in [-0.3, -0.25) is 0 Å². The van der Waals surface area contributed by atoms with Crippen molar-refractivity contribution < 1.29 is 4.74 Å². The Bertz CT molecular complexity index is 400. The third-order valence-corrected chi connectivity index (χ3v) is 4.02. The second kappa shape index (κ2) is 6.53. The van der Waals surface area contributed by atoms with Crippen LogP contribution in [-0.4, -0.2) is 19.8 Å². The molecule has 1 atom stereocenters. The van der Waals surface area contributed by atoms with Crippen molar-refractivity contribution >= 4 is 0 Å². The maximum atomic E-state index is 5.52. The molecule has 0 fully saturated rings. The summed E-state index contributed by atoms with van der Waals surface area (Å²) in [7, 11) is 3.83. The highest BCUT2D eigenvalue weighted by atomic mass is 16.5. The van der Waals surface area contributed by atoms with E-state index >= 15 is 0 Å². The van der Waals surface area contributed by atoms with Gasteiger partial charge in [0, 0.05) is 13.2 Å². The van der Waals surface area contributed by atoms with E-state index in [9.17, 15) is 0 Å².